The van der Waals surface area contributed by atoms with Gasteiger partial charge < -0.3 is 9.47 Å². The fraction of sp³-hybridized carbons (Fsp3) is 0.278. The van der Waals surface area contributed by atoms with Gasteiger partial charge in [0.05, 0.1) is 0 Å². The van der Waals surface area contributed by atoms with Gasteiger partial charge in [-0.15, -0.1) is 0 Å². The Hall–Kier alpha value is -5.38. The van der Waals surface area contributed by atoms with Crippen LogP contribution in [0, 0.1) is 0 Å². The third-order valence-corrected chi connectivity index (χ3v) is 7.52. The van der Waals surface area contributed by atoms with E-state index in [1.165, 1.54) is 19.6 Å². The Bertz CT molecular complexity index is 1500. The van der Waals surface area contributed by atoms with Crippen LogP contribution in [0.5, 0.6) is 0 Å². The Morgan fingerprint density at radius 1 is 0.543 bits per heavy atom. The summed E-state index contributed by atoms with van der Waals surface area (Å²) in [7, 11) is 6.66. The smallest absolute Gasteiger partial charge is 0.333 e. The number of hydrogen-bond donors (Lipinski definition) is 0. The van der Waals surface area contributed by atoms with Crippen molar-refractivity contribution < 1.29 is 28.7 Å². The molecule has 0 saturated heterocycles. The zero-order valence-corrected chi connectivity index (χ0v) is 27.7. The van der Waals surface area contributed by atoms with E-state index in [0.717, 1.165) is 11.1 Å². The predicted octanol–water partition coefficient (Wildman–Crippen LogP) is 7.43. The third kappa shape index (κ3) is 8.41. The molecule has 0 bridgehead atoms. The molecule has 0 aliphatic carbocycles. The van der Waals surface area contributed by atoms with Crippen molar-refractivity contribution >= 4 is 46.8 Å². The summed E-state index contributed by atoms with van der Waals surface area (Å²) in [5.41, 5.74) is 4.71. The van der Waals surface area contributed by atoms with E-state index in [-0.39, 0.29) is 12.1 Å². The van der Waals surface area contributed by atoms with Gasteiger partial charge in [0.25, 0.3) is 0 Å². The summed E-state index contributed by atoms with van der Waals surface area (Å²) < 4.78 is 10.8. The highest BCUT2D eigenvalue weighted by atomic mass is 16.5. The maximum Gasteiger partial charge on any atom is 0.333 e. The molecule has 4 amide bonds. The zero-order chi connectivity index (χ0) is 34.3. The van der Waals surface area contributed by atoms with E-state index in [4.69, 9.17) is 9.47 Å². The molecule has 10 heteroatoms. The molecule has 2 unspecified atom stereocenters. The lowest BCUT2D eigenvalue weighted by molar-refractivity contribution is -0.144. The first-order chi connectivity index (χ1) is 21.6. The molecule has 3 aromatic carbocycles. The predicted molar refractivity (Wildman–Crippen MR) is 182 cm³/mol. The maximum atomic E-state index is 13.4. The summed E-state index contributed by atoms with van der Waals surface area (Å²) in [6, 6.07) is 20.9. The number of esters is 2. The Morgan fingerprint density at radius 2 is 0.848 bits per heavy atom. The van der Waals surface area contributed by atoms with Crippen LogP contribution in [-0.4, -0.2) is 52.2 Å². The fourth-order valence-electron chi connectivity index (χ4n) is 4.40. The number of urea groups is 2. The van der Waals surface area contributed by atoms with Crippen LogP contribution in [0.25, 0.3) is 0 Å². The molecule has 2 atom stereocenters. The number of rotatable bonds is 10. The van der Waals surface area contributed by atoms with Crippen LogP contribution in [0.2, 0.25) is 0 Å². The number of carbonyl (C=O) groups is 4. The Morgan fingerprint density at radius 3 is 1.15 bits per heavy atom. The van der Waals surface area contributed by atoms with Gasteiger partial charge in [-0.25, -0.2) is 19.2 Å². The van der Waals surface area contributed by atoms with Gasteiger partial charge >= 0.3 is 24.0 Å². The monoisotopic (exact) mass is 626 g/mol. The van der Waals surface area contributed by atoms with Crippen molar-refractivity contribution in [3.63, 3.8) is 0 Å². The molecular weight excluding hydrogens is 584 g/mol. The van der Waals surface area contributed by atoms with E-state index in [2.05, 4.69) is 13.2 Å². The van der Waals surface area contributed by atoms with E-state index in [0.29, 0.717) is 33.9 Å². The second-order valence-electron chi connectivity index (χ2n) is 11.2. The first kappa shape index (κ1) is 35.1. The molecule has 10 nitrogen and oxygen atoms in total. The minimum atomic E-state index is -0.468. The van der Waals surface area contributed by atoms with E-state index in [1.54, 1.807) is 129 Å². The average molecular weight is 627 g/mol. The number of benzene rings is 3. The minimum Gasteiger partial charge on any atom is -0.454 e. The van der Waals surface area contributed by atoms with Crippen molar-refractivity contribution in [2.75, 3.05) is 47.8 Å². The van der Waals surface area contributed by atoms with Crippen molar-refractivity contribution in [3.8, 4) is 0 Å². The van der Waals surface area contributed by atoms with Gasteiger partial charge in [0.15, 0.2) is 0 Å². The molecule has 0 saturated carbocycles. The Kier molecular flexibility index (Phi) is 11.5. The zero-order valence-electron chi connectivity index (χ0n) is 27.7. The first-order valence-electron chi connectivity index (χ1n) is 14.7. The van der Waals surface area contributed by atoms with Gasteiger partial charge in [0.1, 0.15) is 12.2 Å². The number of nitrogens with zero attached hydrogens (tertiary/aromatic N) is 4. The van der Waals surface area contributed by atoms with E-state index >= 15 is 0 Å². The molecule has 3 aromatic rings. The lowest BCUT2D eigenvalue weighted by Crippen LogP contribution is -2.40. The third-order valence-electron chi connectivity index (χ3n) is 7.52. The molecule has 0 aliphatic rings. The number of carbonyl (C=O) groups excluding carboxylic acids is 4. The summed E-state index contributed by atoms with van der Waals surface area (Å²) in [4.78, 5) is 56.5. The Labute approximate surface area is 271 Å². The van der Waals surface area contributed by atoms with Gasteiger partial charge in [-0.05, 0) is 81.3 Å². The summed E-state index contributed by atoms with van der Waals surface area (Å²) in [6.07, 6.45) is -0.936. The van der Waals surface area contributed by atoms with E-state index in [9.17, 15) is 19.2 Å². The molecular formula is C36H42N4O6. The number of hydrogen-bond acceptors (Lipinski definition) is 6. The van der Waals surface area contributed by atoms with Crippen LogP contribution in [-0.2, 0) is 19.1 Å². The van der Waals surface area contributed by atoms with E-state index < -0.39 is 24.1 Å². The van der Waals surface area contributed by atoms with Crippen molar-refractivity contribution in [3.05, 3.63) is 108 Å². The first-order valence-corrected chi connectivity index (χ1v) is 14.7. The van der Waals surface area contributed by atoms with Crippen molar-refractivity contribution in [2.45, 2.75) is 39.9 Å². The van der Waals surface area contributed by atoms with Crippen LogP contribution in [0.15, 0.2) is 97.1 Å². The summed E-state index contributed by atoms with van der Waals surface area (Å²) >= 11 is 0. The topological polar surface area (TPSA) is 99.7 Å². The van der Waals surface area contributed by atoms with Crippen molar-refractivity contribution in [2.24, 2.45) is 0 Å². The molecule has 0 N–H and O–H groups in total. The van der Waals surface area contributed by atoms with Gasteiger partial charge in [-0.2, -0.15) is 0 Å². The second kappa shape index (κ2) is 15.1. The van der Waals surface area contributed by atoms with Gasteiger partial charge in [-0.3, -0.25) is 19.6 Å². The van der Waals surface area contributed by atoms with Crippen LogP contribution >= 0.6 is 0 Å². The van der Waals surface area contributed by atoms with Crippen LogP contribution in [0.4, 0.5) is 32.3 Å². The van der Waals surface area contributed by atoms with Crippen LogP contribution in [0.3, 0.4) is 0 Å². The number of anilines is 4. The molecule has 0 radical (unpaired) electrons. The maximum absolute atomic E-state index is 13.4. The lowest BCUT2D eigenvalue weighted by Gasteiger charge is -2.28. The number of amides is 4. The van der Waals surface area contributed by atoms with Crippen molar-refractivity contribution in [1.82, 2.24) is 0 Å². The summed E-state index contributed by atoms with van der Waals surface area (Å²) in [5, 5.41) is 0. The molecule has 3 rings (SSSR count). The molecule has 0 spiro atoms. The molecule has 0 heterocycles. The van der Waals surface area contributed by atoms with Gasteiger partial charge in [-0.1, -0.05) is 43.5 Å². The standard InChI is InChI=1S/C36H42N4O6/c1-23(2)33(41)45-25(5)27-14-18-29(19-15-27)37(7)35(43)39(9)31-12-11-13-32(22-31)40(10)36(44)38(8)30-20-16-28(17-21-30)26(6)46-34(42)24(3)4/h11-22,25-26H,1,3H2,2,4-10H3. The lowest BCUT2D eigenvalue weighted by atomic mass is 10.1. The fourth-order valence-corrected chi connectivity index (χ4v) is 4.40. The normalized spacial score (nSPS) is 11.8. The summed E-state index contributed by atoms with van der Waals surface area (Å²) in [5.74, 6) is -0.924. The average Bonchev–Trinajstić information content (AvgIpc) is 3.06. The molecule has 46 heavy (non-hydrogen) atoms. The summed E-state index contributed by atoms with van der Waals surface area (Å²) in [6.45, 7) is 13.9. The molecule has 242 valence electrons. The molecule has 0 aliphatic heterocycles. The molecule has 0 fully saturated rings. The highest BCUT2D eigenvalue weighted by Gasteiger charge is 2.22. The van der Waals surface area contributed by atoms with Crippen LogP contribution < -0.4 is 19.6 Å². The molecule has 0 aromatic heterocycles. The SMILES string of the molecule is C=C(C)C(=O)OC(C)c1ccc(N(C)C(=O)N(C)c2cccc(N(C)C(=O)N(C)c3ccc(C(C)OC(=O)C(=C)C)cc3)c2)cc1. The van der Waals surface area contributed by atoms with Gasteiger partial charge in [0.2, 0.25) is 0 Å². The van der Waals surface area contributed by atoms with Gasteiger partial charge in [0, 0.05) is 62.1 Å². The minimum absolute atomic E-state index is 0.291. The van der Waals surface area contributed by atoms with Crippen molar-refractivity contribution in [1.29, 1.82) is 0 Å². The van der Waals surface area contributed by atoms with Crippen LogP contribution in [0.1, 0.15) is 51.0 Å². The van der Waals surface area contributed by atoms with E-state index in [1.807, 2.05) is 0 Å². The largest absolute Gasteiger partial charge is 0.454 e. The number of ether oxygens (including phenoxy) is 2. The highest BCUT2D eigenvalue weighted by Crippen LogP contribution is 2.27. The quantitative estimate of drug-likeness (QED) is 0.171. The Balaban J connectivity index is 1.68. The highest BCUT2D eigenvalue weighted by molar-refractivity contribution is 6.05. The second-order valence-corrected chi connectivity index (χ2v) is 11.2.